The molecule has 0 fully saturated rings. The van der Waals surface area contributed by atoms with Crippen LogP contribution in [-0.2, 0) is 6.42 Å². The van der Waals surface area contributed by atoms with Crippen molar-refractivity contribution < 1.29 is 4.74 Å². The van der Waals surface area contributed by atoms with E-state index in [1.807, 2.05) is 20.0 Å². The van der Waals surface area contributed by atoms with Crippen molar-refractivity contribution in [3.63, 3.8) is 0 Å². The normalized spacial score (nSPS) is 10.7. The summed E-state index contributed by atoms with van der Waals surface area (Å²) in [4.78, 5) is 2.37. The van der Waals surface area contributed by atoms with Crippen molar-refractivity contribution in [1.29, 1.82) is 0 Å². The number of nitrogens with one attached hydrogen (secondary N) is 1. The average Bonchev–Trinajstić information content (AvgIpc) is 2.68. The number of allylic oxidation sites excluding steroid dienone is 1. The Morgan fingerprint density at radius 3 is 3.00 bits per heavy atom. The fourth-order valence-corrected chi connectivity index (χ4v) is 3.83. The molecule has 1 N–H and O–H groups in total. The molecule has 0 aliphatic heterocycles. The molecule has 2 nitrogen and oxygen atoms in total. The molecule has 0 atom stereocenters. The predicted octanol–water partition coefficient (Wildman–Crippen LogP) is 2.57. The van der Waals surface area contributed by atoms with Crippen molar-refractivity contribution in [2.75, 3.05) is 13.6 Å². The van der Waals surface area contributed by atoms with Gasteiger partial charge in [0.2, 0.25) is 0 Å². The Morgan fingerprint density at radius 2 is 2.29 bits per heavy atom. The van der Waals surface area contributed by atoms with Gasteiger partial charge in [-0.2, -0.15) is 0 Å². The molecule has 0 unspecified atom stereocenters. The van der Waals surface area contributed by atoms with Gasteiger partial charge in [0, 0.05) is 0 Å². The molecule has 0 saturated carbocycles. The van der Waals surface area contributed by atoms with Gasteiger partial charge in [0.1, 0.15) is 0 Å². The molecular weight excluding hydrogens is 277 g/mol. The molecule has 1 aromatic heterocycles. The first-order chi connectivity index (χ1) is 8.20. The van der Waals surface area contributed by atoms with E-state index in [1.165, 1.54) is 15.2 Å². The van der Waals surface area contributed by atoms with Crippen molar-refractivity contribution in [2.24, 2.45) is 0 Å². The minimum atomic E-state index is 0.486. The third-order valence-corrected chi connectivity index (χ3v) is 4.69. The molecule has 3 heteroatoms. The van der Waals surface area contributed by atoms with Gasteiger partial charge >= 0.3 is 108 Å². The third-order valence-electron chi connectivity index (χ3n) is 2.56. The first-order valence-corrected chi connectivity index (χ1v) is 7.53. The molecule has 0 aliphatic carbocycles. The Bertz CT molecular complexity index is 530. The van der Waals surface area contributed by atoms with Crippen molar-refractivity contribution in [2.45, 2.75) is 13.3 Å². The molecule has 2 rings (SSSR count). The number of fused-ring (bicyclic) bond motifs is 1. The number of likely N-dealkylation sites (N-methyl/N-ethyl adjacent to an activating group) is 1. The Hall–Kier alpha value is -1.02. The number of hydrogen-bond donors (Lipinski definition) is 1. The topological polar surface area (TPSA) is 21.3 Å². The Kier molecular flexibility index (Phi) is 4.06. The maximum atomic E-state index is 5.56. The molecule has 0 amide bonds. The van der Waals surface area contributed by atoms with Gasteiger partial charge in [0.15, 0.2) is 0 Å². The summed E-state index contributed by atoms with van der Waals surface area (Å²) in [5.74, 6) is 1.62. The van der Waals surface area contributed by atoms with Gasteiger partial charge < -0.3 is 0 Å². The summed E-state index contributed by atoms with van der Waals surface area (Å²) < 4.78 is 7.02. The van der Waals surface area contributed by atoms with Gasteiger partial charge in [0.05, 0.1) is 0 Å². The Labute approximate surface area is 108 Å². The Morgan fingerprint density at radius 1 is 1.47 bits per heavy atom. The molecule has 1 aromatic carbocycles. The first kappa shape index (κ1) is 12.4. The second kappa shape index (κ2) is 5.54. The number of benzene rings is 1. The zero-order chi connectivity index (χ0) is 12.3. The maximum absolute atomic E-state index is 5.56. The molecule has 0 bridgehead atoms. The second-order valence-corrected chi connectivity index (χ2v) is 5.99. The van der Waals surface area contributed by atoms with Gasteiger partial charge in [-0.15, -0.1) is 0 Å². The Balaban J connectivity index is 2.32. The summed E-state index contributed by atoms with van der Waals surface area (Å²) in [5.41, 5.74) is 1.45. The van der Waals surface area contributed by atoms with E-state index in [-0.39, 0.29) is 0 Å². The molecule has 0 aliphatic rings. The van der Waals surface area contributed by atoms with Crippen molar-refractivity contribution in [1.82, 2.24) is 5.32 Å². The van der Waals surface area contributed by atoms with Crippen LogP contribution in [-0.4, -0.2) is 28.1 Å². The summed E-state index contributed by atoms with van der Waals surface area (Å²) in [7, 11) is 1.99. The first-order valence-electron chi connectivity index (χ1n) is 5.69. The van der Waals surface area contributed by atoms with Crippen LogP contribution in [0.25, 0.3) is 9.65 Å². The molecule has 0 radical (unpaired) electrons. The SMILES string of the molecule is C=C(C)Oc1ccc2[se]cc(CCNC)c2c1. The fourth-order valence-electron chi connectivity index (χ4n) is 1.78. The van der Waals surface area contributed by atoms with E-state index in [0.29, 0.717) is 14.5 Å². The van der Waals surface area contributed by atoms with E-state index < -0.39 is 0 Å². The van der Waals surface area contributed by atoms with Crippen LogP contribution >= 0.6 is 0 Å². The van der Waals surface area contributed by atoms with E-state index in [9.17, 15) is 0 Å². The molecule has 0 saturated heterocycles. The van der Waals surface area contributed by atoms with E-state index >= 15 is 0 Å². The molecule has 1 heterocycles. The summed E-state index contributed by atoms with van der Waals surface area (Å²) in [6, 6.07) is 6.35. The average molecular weight is 294 g/mol. The van der Waals surface area contributed by atoms with Crippen LogP contribution in [0.5, 0.6) is 5.75 Å². The van der Waals surface area contributed by atoms with Crippen molar-refractivity contribution in [3.05, 3.63) is 41.0 Å². The molecular formula is C14H17NOSe. The summed E-state index contributed by atoms with van der Waals surface area (Å²) >= 11 is 0.486. The minimum absolute atomic E-state index is 0.486. The van der Waals surface area contributed by atoms with Crippen molar-refractivity contribution >= 4 is 24.1 Å². The van der Waals surface area contributed by atoms with E-state index in [2.05, 4.69) is 29.0 Å². The molecule has 17 heavy (non-hydrogen) atoms. The van der Waals surface area contributed by atoms with E-state index in [1.54, 1.807) is 0 Å². The van der Waals surface area contributed by atoms with Gasteiger partial charge in [-0.25, -0.2) is 0 Å². The van der Waals surface area contributed by atoms with Crippen LogP contribution in [0, 0.1) is 0 Å². The van der Waals surface area contributed by atoms with Crippen LogP contribution in [0.4, 0.5) is 0 Å². The van der Waals surface area contributed by atoms with Crippen LogP contribution in [0.1, 0.15) is 12.5 Å². The van der Waals surface area contributed by atoms with E-state index in [0.717, 1.165) is 24.5 Å². The summed E-state index contributed by atoms with van der Waals surface area (Å²) in [5, 5.41) is 4.55. The molecule has 90 valence electrons. The fraction of sp³-hybridized carbons (Fsp3) is 0.286. The van der Waals surface area contributed by atoms with Crippen molar-refractivity contribution in [3.8, 4) is 5.75 Å². The number of ether oxygens (including phenoxy) is 1. The van der Waals surface area contributed by atoms with Crippen LogP contribution < -0.4 is 10.1 Å². The van der Waals surface area contributed by atoms with Gasteiger partial charge in [-0.1, -0.05) is 0 Å². The third kappa shape index (κ3) is 3.00. The molecule has 2 aromatic rings. The van der Waals surface area contributed by atoms with Crippen LogP contribution in [0.3, 0.4) is 0 Å². The summed E-state index contributed by atoms with van der Waals surface area (Å²) in [6.07, 6.45) is 1.09. The zero-order valence-corrected chi connectivity index (χ0v) is 12.0. The molecule has 0 spiro atoms. The summed E-state index contributed by atoms with van der Waals surface area (Å²) in [6.45, 7) is 6.66. The van der Waals surface area contributed by atoms with Gasteiger partial charge in [-0.3, -0.25) is 0 Å². The number of hydrogen-bond acceptors (Lipinski definition) is 2. The van der Waals surface area contributed by atoms with E-state index in [4.69, 9.17) is 4.74 Å². The standard InChI is InChI=1S/C14H17NOSe/c1-10(2)16-12-4-5-14-13(8-12)11(9-17-14)6-7-15-3/h4-5,8-9,15H,1,6-7H2,2-3H3. The second-order valence-electron chi connectivity index (χ2n) is 4.08. The predicted molar refractivity (Wildman–Crippen MR) is 74.0 cm³/mol. The van der Waals surface area contributed by atoms with Gasteiger partial charge in [-0.05, 0) is 0 Å². The van der Waals surface area contributed by atoms with Crippen LogP contribution in [0.2, 0.25) is 0 Å². The zero-order valence-electron chi connectivity index (χ0n) is 10.2. The van der Waals surface area contributed by atoms with Gasteiger partial charge in [0.25, 0.3) is 0 Å². The number of rotatable bonds is 5. The van der Waals surface area contributed by atoms with Crippen LogP contribution in [0.15, 0.2) is 35.5 Å². The quantitative estimate of drug-likeness (QED) is 0.676. The monoisotopic (exact) mass is 295 g/mol.